The Morgan fingerprint density at radius 2 is 2.11 bits per heavy atom. The third-order valence-corrected chi connectivity index (χ3v) is 2.68. The van der Waals surface area contributed by atoms with E-state index in [1.54, 1.807) is 7.11 Å². The molecule has 0 saturated carbocycles. The lowest BCUT2D eigenvalue weighted by Crippen LogP contribution is -2.43. The Balaban J connectivity index is 2.29. The number of amides is 1. The number of nitrogens with one attached hydrogen (secondary N) is 2. The van der Waals surface area contributed by atoms with Gasteiger partial charge in [0.15, 0.2) is 0 Å². The van der Waals surface area contributed by atoms with Crippen molar-refractivity contribution in [3.05, 3.63) is 35.9 Å². The molecule has 0 aliphatic heterocycles. The van der Waals surface area contributed by atoms with Crippen molar-refractivity contribution in [1.82, 2.24) is 10.6 Å². The van der Waals surface area contributed by atoms with E-state index in [1.807, 2.05) is 30.3 Å². The van der Waals surface area contributed by atoms with Gasteiger partial charge in [-0.15, -0.1) is 0 Å². The van der Waals surface area contributed by atoms with Crippen LogP contribution in [-0.2, 0) is 16.0 Å². The molecule has 1 rings (SSSR count). The van der Waals surface area contributed by atoms with E-state index in [-0.39, 0.29) is 25.1 Å². The summed E-state index contributed by atoms with van der Waals surface area (Å²) in [5.41, 5.74) is 1.09. The molecule has 0 saturated heterocycles. The van der Waals surface area contributed by atoms with Crippen molar-refractivity contribution >= 4 is 5.91 Å². The Morgan fingerprint density at radius 3 is 2.74 bits per heavy atom. The third kappa shape index (κ3) is 6.91. The predicted octanol–water partition coefficient (Wildman–Crippen LogP) is -0.0578. The van der Waals surface area contributed by atoms with Crippen LogP contribution in [0.5, 0.6) is 0 Å². The number of hydrogen-bond acceptors (Lipinski definition) is 4. The van der Waals surface area contributed by atoms with Crippen molar-refractivity contribution in [2.24, 2.45) is 0 Å². The van der Waals surface area contributed by atoms with Gasteiger partial charge in [0, 0.05) is 13.7 Å². The average molecular weight is 266 g/mol. The van der Waals surface area contributed by atoms with E-state index in [0.717, 1.165) is 5.56 Å². The van der Waals surface area contributed by atoms with Gasteiger partial charge in [-0.1, -0.05) is 30.3 Å². The highest BCUT2D eigenvalue weighted by Crippen LogP contribution is 2.02. The van der Waals surface area contributed by atoms with E-state index in [1.165, 1.54) is 0 Å². The van der Waals surface area contributed by atoms with Gasteiger partial charge >= 0.3 is 0 Å². The second-order valence-electron chi connectivity index (χ2n) is 4.31. The van der Waals surface area contributed by atoms with Crippen LogP contribution in [0.3, 0.4) is 0 Å². The van der Waals surface area contributed by atoms with Crippen LogP contribution in [0.4, 0.5) is 0 Å². The molecule has 1 aromatic carbocycles. The van der Waals surface area contributed by atoms with Crippen molar-refractivity contribution < 1.29 is 14.6 Å². The Bertz CT molecular complexity index is 357. The zero-order valence-corrected chi connectivity index (χ0v) is 11.3. The zero-order valence-electron chi connectivity index (χ0n) is 11.3. The summed E-state index contributed by atoms with van der Waals surface area (Å²) in [6, 6.07) is 9.53. The van der Waals surface area contributed by atoms with E-state index >= 15 is 0 Å². The van der Waals surface area contributed by atoms with Gasteiger partial charge in [0.25, 0.3) is 0 Å². The van der Waals surface area contributed by atoms with Crippen LogP contribution in [0, 0.1) is 0 Å². The molecule has 1 aromatic rings. The highest BCUT2D eigenvalue weighted by molar-refractivity contribution is 5.78. The Hall–Kier alpha value is -1.43. The van der Waals surface area contributed by atoms with E-state index in [2.05, 4.69) is 10.6 Å². The molecule has 0 unspecified atom stereocenters. The Labute approximate surface area is 114 Å². The predicted molar refractivity (Wildman–Crippen MR) is 73.9 cm³/mol. The lowest BCUT2D eigenvalue weighted by molar-refractivity contribution is -0.121. The lowest BCUT2D eigenvalue weighted by Gasteiger charge is -2.16. The fourth-order valence-corrected chi connectivity index (χ4v) is 1.71. The first-order valence-corrected chi connectivity index (χ1v) is 6.40. The average Bonchev–Trinajstić information content (AvgIpc) is 2.44. The van der Waals surface area contributed by atoms with Crippen LogP contribution in [0.2, 0.25) is 0 Å². The van der Waals surface area contributed by atoms with Gasteiger partial charge < -0.3 is 20.5 Å². The molecule has 0 aliphatic carbocycles. The fourth-order valence-electron chi connectivity index (χ4n) is 1.71. The minimum Gasteiger partial charge on any atom is -0.394 e. The first kappa shape index (κ1) is 15.6. The molecular formula is C14H22N2O3. The summed E-state index contributed by atoms with van der Waals surface area (Å²) >= 11 is 0. The molecule has 1 amide bonds. The van der Waals surface area contributed by atoms with Crippen LogP contribution >= 0.6 is 0 Å². The van der Waals surface area contributed by atoms with Crippen LogP contribution in [-0.4, -0.2) is 50.5 Å². The van der Waals surface area contributed by atoms with Gasteiger partial charge in [-0.25, -0.2) is 0 Å². The van der Waals surface area contributed by atoms with Crippen LogP contribution in [0.25, 0.3) is 0 Å². The number of hydrogen-bond donors (Lipinski definition) is 3. The van der Waals surface area contributed by atoms with Gasteiger partial charge in [-0.3, -0.25) is 4.79 Å². The van der Waals surface area contributed by atoms with Crippen molar-refractivity contribution in [3.63, 3.8) is 0 Å². The summed E-state index contributed by atoms with van der Waals surface area (Å²) in [5.74, 6) is -0.119. The fraction of sp³-hybridized carbons (Fsp3) is 0.500. The van der Waals surface area contributed by atoms with Crippen molar-refractivity contribution in [1.29, 1.82) is 0 Å². The monoisotopic (exact) mass is 266 g/mol. The molecule has 0 spiro atoms. The van der Waals surface area contributed by atoms with Crippen molar-refractivity contribution in [3.8, 4) is 0 Å². The summed E-state index contributed by atoms with van der Waals surface area (Å²) in [5, 5.41) is 15.1. The molecule has 5 heteroatoms. The maximum atomic E-state index is 11.6. The molecule has 19 heavy (non-hydrogen) atoms. The Kier molecular flexibility index (Phi) is 7.81. The number of carbonyl (C=O) groups is 1. The van der Waals surface area contributed by atoms with Gasteiger partial charge in [-0.2, -0.15) is 0 Å². The van der Waals surface area contributed by atoms with Crippen LogP contribution in [0.1, 0.15) is 5.56 Å². The lowest BCUT2D eigenvalue weighted by atomic mass is 10.1. The summed E-state index contributed by atoms with van der Waals surface area (Å²) in [4.78, 5) is 11.6. The highest BCUT2D eigenvalue weighted by Gasteiger charge is 2.11. The molecule has 106 valence electrons. The van der Waals surface area contributed by atoms with Gasteiger partial charge in [0.2, 0.25) is 5.91 Å². The second kappa shape index (κ2) is 9.49. The molecule has 0 radical (unpaired) electrons. The molecule has 0 fully saturated rings. The highest BCUT2D eigenvalue weighted by atomic mass is 16.5. The van der Waals surface area contributed by atoms with E-state index < -0.39 is 0 Å². The Morgan fingerprint density at radius 1 is 1.37 bits per heavy atom. The zero-order chi connectivity index (χ0) is 13.9. The number of rotatable bonds is 9. The quantitative estimate of drug-likeness (QED) is 0.548. The van der Waals surface area contributed by atoms with E-state index in [0.29, 0.717) is 19.6 Å². The minimum absolute atomic E-state index is 0.0707. The van der Waals surface area contributed by atoms with Crippen LogP contribution < -0.4 is 10.6 Å². The van der Waals surface area contributed by atoms with Gasteiger partial charge in [0.1, 0.15) is 0 Å². The van der Waals surface area contributed by atoms with Gasteiger partial charge in [0.05, 0.1) is 25.8 Å². The first-order valence-electron chi connectivity index (χ1n) is 6.40. The van der Waals surface area contributed by atoms with E-state index in [9.17, 15) is 9.90 Å². The smallest absolute Gasteiger partial charge is 0.234 e. The molecule has 0 heterocycles. The largest absolute Gasteiger partial charge is 0.394 e. The molecule has 3 N–H and O–H groups in total. The van der Waals surface area contributed by atoms with Gasteiger partial charge in [-0.05, 0) is 12.0 Å². The molecular weight excluding hydrogens is 244 g/mol. The normalized spacial score (nSPS) is 12.1. The number of methoxy groups -OCH3 is 1. The number of benzene rings is 1. The maximum Gasteiger partial charge on any atom is 0.234 e. The maximum absolute atomic E-state index is 11.6. The molecule has 0 bridgehead atoms. The summed E-state index contributed by atoms with van der Waals surface area (Å²) in [6.07, 6.45) is 0.626. The molecule has 0 aromatic heterocycles. The molecule has 0 aliphatic rings. The first-order chi connectivity index (χ1) is 9.26. The molecule has 5 nitrogen and oxygen atoms in total. The number of ether oxygens (including phenoxy) is 1. The standard InChI is InChI=1S/C14H22N2O3/c1-19-8-7-15-10-14(18)16-13(11-17)9-12-5-3-2-4-6-12/h2-6,13,15,17H,7-11H2,1H3,(H,16,18)/t13-/m1/s1. The number of carbonyl (C=O) groups excluding carboxylic acids is 1. The van der Waals surface area contributed by atoms with Crippen LogP contribution in [0.15, 0.2) is 30.3 Å². The third-order valence-electron chi connectivity index (χ3n) is 2.68. The van der Waals surface area contributed by atoms with E-state index in [4.69, 9.17) is 4.74 Å². The topological polar surface area (TPSA) is 70.6 Å². The SMILES string of the molecule is COCCNCC(=O)N[C@@H](CO)Cc1ccccc1. The summed E-state index contributed by atoms with van der Waals surface area (Å²) < 4.78 is 4.87. The molecule has 1 atom stereocenters. The van der Waals surface area contributed by atoms with Crippen molar-refractivity contribution in [2.45, 2.75) is 12.5 Å². The summed E-state index contributed by atoms with van der Waals surface area (Å²) in [7, 11) is 1.61. The summed E-state index contributed by atoms with van der Waals surface area (Å²) in [6.45, 7) is 1.36. The van der Waals surface area contributed by atoms with Crippen molar-refractivity contribution in [2.75, 3.05) is 33.4 Å². The number of aliphatic hydroxyl groups is 1. The second-order valence-corrected chi connectivity index (χ2v) is 4.31. The minimum atomic E-state index is -0.251. The number of aliphatic hydroxyl groups excluding tert-OH is 1.